The number of Topliss-reactive ketones (excluding diaryl/α,β-unsaturated/α-hetero) is 1. The van der Waals surface area contributed by atoms with E-state index in [9.17, 15) is 25.1 Å². The zero-order chi connectivity index (χ0) is 15.6. The lowest BCUT2D eigenvalue weighted by Gasteiger charge is -2.29. The number of non-ortho nitro benzene ring substituents is 1. The first-order chi connectivity index (χ1) is 9.93. The number of nitrogens with one attached hydrogen (secondary N) is 1. The van der Waals surface area contributed by atoms with Crippen molar-refractivity contribution in [2.45, 2.75) is 18.2 Å². The summed E-state index contributed by atoms with van der Waals surface area (Å²) in [6.45, 7) is -0.502. The molecule has 0 heterocycles. The Morgan fingerprint density at radius 1 is 1.24 bits per heavy atom. The monoisotopic (exact) mass is 294 g/mol. The highest BCUT2D eigenvalue weighted by Crippen LogP contribution is 2.21. The van der Waals surface area contributed by atoms with Gasteiger partial charge in [-0.1, -0.05) is 6.08 Å². The summed E-state index contributed by atoms with van der Waals surface area (Å²) in [5.41, 5.74) is 0.481. The number of rotatable bonds is 4. The third kappa shape index (κ3) is 3.07. The summed E-state index contributed by atoms with van der Waals surface area (Å²) >= 11 is 0. The summed E-state index contributed by atoms with van der Waals surface area (Å²) in [5, 5.41) is 41.8. The molecule has 0 amide bonds. The van der Waals surface area contributed by atoms with Crippen LogP contribution in [-0.4, -0.2) is 50.9 Å². The Balaban J connectivity index is 2.19. The van der Waals surface area contributed by atoms with E-state index in [1.807, 2.05) is 0 Å². The topological polar surface area (TPSA) is 133 Å². The Labute approximate surface area is 119 Å². The van der Waals surface area contributed by atoms with E-state index in [1.165, 1.54) is 30.3 Å². The molecule has 21 heavy (non-hydrogen) atoms. The van der Waals surface area contributed by atoms with Gasteiger partial charge in [0.1, 0.15) is 12.2 Å². The molecule has 0 radical (unpaired) electrons. The second-order valence-electron chi connectivity index (χ2n) is 4.62. The molecule has 1 aromatic carbocycles. The SMILES string of the molecule is O=C1[C@H](O)C(CO)=C[C@H](Nc2ccc([N+](=O)[O-])cc2)[C@@H]1O. The molecule has 0 aliphatic heterocycles. The molecular formula is C13H14N2O6. The van der Waals surface area contributed by atoms with Crippen LogP contribution < -0.4 is 5.32 Å². The van der Waals surface area contributed by atoms with Crippen molar-refractivity contribution in [1.82, 2.24) is 0 Å². The molecule has 0 aromatic heterocycles. The van der Waals surface area contributed by atoms with Crippen molar-refractivity contribution in [3.63, 3.8) is 0 Å². The summed E-state index contributed by atoms with van der Waals surface area (Å²) in [6.07, 6.45) is -1.61. The number of benzene rings is 1. The number of hydrogen-bond donors (Lipinski definition) is 4. The van der Waals surface area contributed by atoms with Gasteiger partial charge in [-0.3, -0.25) is 14.9 Å². The van der Waals surface area contributed by atoms with Crippen LogP contribution in [0.4, 0.5) is 11.4 Å². The fourth-order valence-corrected chi connectivity index (χ4v) is 2.07. The van der Waals surface area contributed by atoms with Crippen molar-refractivity contribution in [2.24, 2.45) is 0 Å². The number of carbonyl (C=O) groups excluding carboxylic acids is 1. The van der Waals surface area contributed by atoms with Crippen molar-refractivity contribution in [3.8, 4) is 0 Å². The molecule has 112 valence electrons. The molecule has 3 atom stereocenters. The van der Waals surface area contributed by atoms with E-state index in [1.54, 1.807) is 0 Å². The third-order valence-corrected chi connectivity index (χ3v) is 3.24. The second-order valence-corrected chi connectivity index (χ2v) is 4.62. The number of nitro benzene ring substituents is 1. The highest BCUT2D eigenvalue weighted by molar-refractivity contribution is 5.92. The highest BCUT2D eigenvalue weighted by Gasteiger charge is 2.36. The summed E-state index contributed by atoms with van der Waals surface area (Å²) < 4.78 is 0. The van der Waals surface area contributed by atoms with Crippen LogP contribution in [0.1, 0.15) is 0 Å². The molecule has 8 nitrogen and oxygen atoms in total. The van der Waals surface area contributed by atoms with Crippen LogP contribution in [0.25, 0.3) is 0 Å². The van der Waals surface area contributed by atoms with E-state index in [0.717, 1.165) is 0 Å². The van der Waals surface area contributed by atoms with Crippen molar-refractivity contribution in [1.29, 1.82) is 0 Å². The lowest BCUT2D eigenvalue weighted by molar-refractivity contribution is -0.384. The summed E-state index contributed by atoms with van der Waals surface area (Å²) in [5.74, 6) is -0.805. The van der Waals surface area contributed by atoms with Crippen LogP contribution in [0.15, 0.2) is 35.9 Å². The lowest BCUT2D eigenvalue weighted by Crippen LogP contribution is -2.48. The Bertz CT molecular complexity index is 583. The van der Waals surface area contributed by atoms with Crippen molar-refractivity contribution < 1.29 is 25.0 Å². The molecule has 0 bridgehead atoms. The van der Waals surface area contributed by atoms with E-state index >= 15 is 0 Å². The van der Waals surface area contributed by atoms with E-state index in [-0.39, 0.29) is 11.3 Å². The second kappa shape index (κ2) is 6.00. The zero-order valence-electron chi connectivity index (χ0n) is 10.8. The van der Waals surface area contributed by atoms with E-state index in [2.05, 4.69) is 5.32 Å². The van der Waals surface area contributed by atoms with Gasteiger partial charge in [-0.05, 0) is 17.7 Å². The smallest absolute Gasteiger partial charge is 0.269 e. The number of hydrogen-bond acceptors (Lipinski definition) is 7. The largest absolute Gasteiger partial charge is 0.392 e. The minimum absolute atomic E-state index is 0.0807. The molecule has 1 aliphatic carbocycles. The molecule has 0 unspecified atom stereocenters. The van der Waals surface area contributed by atoms with Gasteiger partial charge in [0.2, 0.25) is 0 Å². The maximum Gasteiger partial charge on any atom is 0.269 e. The molecular weight excluding hydrogens is 280 g/mol. The van der Waals surface area contributed by atoms with Crippen molar-refractivity contribution >= 4 is 17.2 Å². The molecule has 0 saturated carbocycles. The average molecular weight is 294 g/mol. The molecule has 1 aliphatic rings. The van der Waals surface area contributed by atoms with E-state index in [0.29, 0.717) is 5.69 Å². The van der Waals surface area contributed by atoms with Crippen LogP contribution >= 0.6 is 0 Å². The fraction of sp³-hybridized carbons (Fsp3) is 0.308. The molecule has 2 rings (SSSR count). The third-order valence-electron chi connectivity index (χ3n) is 3.24. The number of aliphatic hydroxyl groups excluding tert-OH is 3. The number of aliphatic hydroxyl groups is 3. The number of nitrogens with zero attached hydrogens (tertiary/aromatic N) is 1. The number of anilines is 1. The fourth-order valence-electron chi connectivity index (χ4n) is 2.07. The molecule has 0 fully saturated rings. The minimum Gasteiger partial charge on any atom is -0.392 e. The maximum absolute atomic E-state index is 11.7. The van der Waals surface area contributed by atoms with Crippen LogP contribution in [0.2, 0.25) is 0 Å². The predicted octanol–water partition coefficient (Wildman–Crippen LogP) is -0.402. The Morgan fingerprint density at radius 2 is 1.86 bits per heavy atom. The molecule has 1 aromatic rings. The van der Waals surface area contributed by atoms with Crippen LogP contribution in [0, 0.1) is 10.1 Å². The quantitative estimate of drug-likeness (QED) is 0.337. The van der Waals surface area contributed by atoms with Gasteiger partial charge >= 0.3 is 0 Å². The van der Waals surface area contributed by atoms with Crippen LogP contribution in [-0.2, 0) is 4.79 Å². The van der Waals surface area contributed by atoms with Gasteiger partial charge < -0.3 is 20.6 Å². The van der Waals surface area contributed by atoms with Gasteiger partial charge in [0.05, 0.1) is 17.6 Å². The van der Waals surface area contributed by atoms with E-state index in [4.69, 9.17) is 5.11 Å². The highest BCUT2D eigenvalue weighted by atomic mass is 16.6. The standard InChI is InChI=1S/C13H14N2O6/c16-6-7-5-10(12(18)13(19)11(7)17)14-8-1-3-9(4-2-8)15(20)21/h1-5,10-12,14,16-18H,6H2/t10-,11+,12-/m0/s1. The first-order valence-electron chi connectivity index (χ1n) is 6.16. The first-order valence-corrected chi connectivity index (χ1v) is 6.16. The predicted molar refractivity (Wildman–Crippen MR) is 72.7 cm³/mol. The maximum atomic E-state index is 11.7. The van der Waals surface area contributed by atoms with E-state index < -0.39 is 35.6 Å². The first kappa shape index (κ1) is 15.1. The molecule has 0 saturated heterocycles. The summed E-state index contributed by atoms with van der Waals surface area (Å²) in [6, 6.07) is 4.61. The van der Waals surface area contributed by atoms with Crippen LogP contribution in [0.5, 0.6) is 0 Å². The summed E-state index contributed by atoms with van der Waals surface area (Å²) in [7, 11) is 0. The van der Waals surface area contributed by atoms with Gasteiger partial charge in [0.25, 0.3) is 5.69 Å². The number of carbonyl (C=O) groups is 1. The summed E-state index contributed by atoms with van der Waals surface area (Å²) in [4.78, 5) is 21.7. The Kier molecular flexibility index (Phi) is 4.32. The van der Waals surface area contributed by atoms with Crippen LogP contribution in [0.3, 0.4) is 0 Å². The molecule has 8 heteroatoms. The van der Waals surface area contributed by atoms with Gasteiger partial charge in [0, 0.05) is 17.8 Å². The Morgan fingerprint density at radius 3 is 2.38 bits per heavy atom. The van der Waals surface area contributed by atoms with Crippen molar-refractivity contribution in [2.75, 3.05) is 11.9 Å². The number of nitro groups is 1. The van der Waals surface area contributed by atoms with Crippen molar-refractivity contribution in [3.05, 3.63) is 46.0 Å². The lowest BCUT2D eigenvalue weighted by atomic mass is 9.89. The Hall–Kier alpha value is -2.29. The van der Waals surface area contributed by atoms with Gasteiger partial charge in [-0.25, -0.2) is 0 Å². The normalized spacial score (nSPS) is 25.4. The average Bonchev–Trinajstić information content (AvgIpc) is 2.48. The van der Waals surface area contributed by atoms with Gasteiger partial charge in [0.15, 0.2) is 5.78 Å². The minimum atomic E-state index is -1.51. The molecule has 4 N–H and O–H groups in total. The molecule has 0 spiro atoms. The number of ketones is 1. The zero-order valence-corrected chi connectivity index (χ0v) is 10.8. The van der Waals surface area contributed by atoms with Gasteiger partial charge in [-0.15, -0.1) is 0 Å². The van der Waals surface area contributed by atoms with Gasteiger partial charge in [-0.2, -0.15) is 0 Å².